The van der Waals surface area contributed by atoms with E-state index in [1.165, 1.54) is 0 Å². The number of hydrogen-bond acceptors (Lipinski definition) is 0. The van der Waals surface area contributed by atoms with Gasteiger partial charge in [-0.05, 0) is 5.41 Å². The van der Waals surface area contributed by atoms with Gasteiger partial charge in [-0.15, -0.1) is 0 Å². The minimum absolute atomic E-state index is 0.500. The van der Waals surface area contributed by atoms with E-state index in [4.69, 9.17) is 26.8 Å². The van der Waals surface area contributed by atoms with Crippen LogP contribution in [0.5, 0.6) is 0 Å². The molecule has 0 bridgehead atoms. The number of hydrogen-bond donors (Lipinski definition) is 0. The van der Waals surface area contributed by atoms with Gasteiger partial charge >= 0.3 is 43.1 Å². The van der Waals surface area contributed by atoms with Crippen LogP contribution in [0.1, 0.15) is 27.7 Å². The van der Waals surface area contributed by atoms with Gasteiger partial charge < -0.3 is 0 Å². The Labute approximate surface area is 75.8 Å². The molecular formula is C5H13Cl3Sn. The summed E-state index contributed by atoms with van der Waals surface area (Å²) in [6.07, 6.45) is 0. The quantitative estimate of drug-likeness (QED) is 0.601. The maximum atomic E-state index is 5.02. The Kier molecular flexibility index (Phi) is 9.41. The molecule has 58 valence electrons. The van der Waals surface area contributed by atoms with Crippen molar-refractivity contribution in [2.24, 2.45) is 5.41 Å². The van der Waals surface area contributed by atoms with Crippen LogP contribution in [0.15, 0.2) is 0 Å². The standard InChI is InChI=1S/C5H12.3ClH.Sn.H/c1-5(2,3)4;;;;;/h1-4H3;3*1H;;/q;;;;+3;/p-3. The van der Waals surface area contributed by atoms with Crippen molar-refractivity contribution in [3.63, 3.8) is 0 Å². The molecule has 0 amide bonds. The van der Waals surface area contributed by atoms with Crippen LogP contribution in [0.4, 0.5) is 0 Å². The Morgan fingerprint density at radius 2 is 0.889 bits per heavy atom. The molecule has 0 aliphatic carbocycles. The molecule has 0 fully saturated rings. The van der Waals surface area contributed by atoms with Crippen LogP contribution in [-0.4, -0.2) is 16.4 Å². The van der Waals surface area contributed by atoms with Gasteiger partial charge in [0.05, 0.1) is 0 Å². The van der Waals surface area contributed by atoms with Gasteiger partial charge in [-0.1, -0.05) is 27.7 Å². The molecule has 0 saturated carbocycles. The molecule has 0 rings (SSSR count). The molecular weight excluding hydrogens is 285 g/mol. The summed E-state index contributed by atoms with van der Waals surface area (Å²) in [6.45, 7) is 8.75. The van der Waals surface area contributed by atoms with Gasteiger partial charge in [-0.3, -0.25) is 0 Å². The van der Waals surface area contributed by atoms with Gasteiger partial charge in [-0.25, -0.2) is 0 Å². The third-order valence-corrected chi connectivity index (χ3v) is 0. The summed E-state index contributed by atoms with van der Waals surface area (Å²) in [5, 5.41) is 0. The SMILES string of the molecule is CC(C)(C)C.[Cl][SnH]([Cl])[Cl]. The van der Waals surface area contributed by atoms with Gasteiger partial charge in [-0.2, -0.15) is 0 Å². The van der Waals surface area contributed by atoms with Gasteiger partial charge in [0.2, 0.25) is 0 Å². The van der Waals surface area contributed by atoms with E-state index in [1.807, 2.05) is 0 Å². The molecule has 0 saturated heterocycles. The van der Waals surface area contributed by atoms with E-state index in [9.17, 15) is 0 Å². The summed E-state index contributed by atoms with van der Waals surface area (Å²) in [5.41, 5.74) is 0.500. The Hall–Kier alpha value is 1.67. The van der Waals surface area contributed by atoms with Gasteiger partial charge in [0, 0.05) is 0 Å². The van der Waals surface area contributed by atoms with Crippen molar-refractivity contribution in [3.05, 3.63) is 0 Å². The third-order valence-electron chi connectivity index (χ3n) is 0. The average Bonchev–Trinajstić information content (AvgIpc) is 1.19. The molecule has 0 spiro atoms. The van der Waals surface area contributed by atoms with Gasteiger partial charge in [0.15, 0.2) is 0 Å². The molecule has 0 nitrogen and oxygen atoms in total. The summed E-state index contributed by atoms with van der Waals surface area (Å²) in [7, 11) is 15.0. The molecule has 0 N–H and O–H groups in total. The fourth-order valence-corrected chi connectivity index (χ4v) is 0. The zero-order chi connectivity index (χ0) is 8.08. The molecule has 0 unspecified atom stereocenters. The van der Waals surface area contributed by atoms with E-state index in [0.717, 1.165) is 0 Å². The van der Waals surface area contributed by atoms with E-state index in [2.05, 4.69) is 27.7 Å². The second kappa shape index (κ2) is 6.38. The van der Waals surface area contributed by atoms with Crippen LogP contribution in [0, 0.1) is 5.41 Å². The van der Waals surface area contributed by atoms with Crippen molar-refractivity contribution < 1.29 is 0 Å². The van der Waals surface area contributed by atoms with Crippen LogP contribution in [-0.2, 0) is 0 Å². The van der Waals surface area contributed by atoms with Gasteiger partial charge in [0.25, 0.3) is 0 Å². The predicted molar refractivity (Wildman–Crippen MR) is 49.8 cm³/mol. The first-order chi connectivity index (χ1) is 3.73. The fourth-order valence-electron chi connectivity index (χ4n) is 0. The van der Waals surface area contributed by atoms with Crippen molar-refractivity contribution >= 4 is 43.1 Å². The van der Waals surface area contributed by atoms with Crippen LogP contribution in [0.25, 0.3) is 0 Å². The van der Waals surface area contributed by atoms with Crippen molar-refractivity contribution in [1.29, 1.82) is 0 Å². The van der Waals surface area contributed by atoms with Crippen molar-refractivity contribution in [3.8, 4) is 0 Å². The first kappa shape index (κ1) is 13.3. The summed E-state index contributed by atoms with van der Waals surface area (Å²) < 4.78 is 0. The minimum atomic E-state index is -2.22. The van der Waals surface area contributed by atoms with E-state index in [-0.39, 0.29) is 0 Å². The molecule has 0 aliphatic rings. The zero-order valence-electron chi connectivity index (χ0n) is 6.21. The van der Waals surface area contributed by atoms with E-state index >= 15 is 0 Å². The molecule has 0 aromatic heterocycles. The first-order valence-electron chi connectivity index (χ1n) is 2.65. The van der Waals surface area contributed by atoms with Crippen molar-refractivity contribution in [2.45, 2.75) is 27.7 Å². The van der Waals surface area contributed by atoms with E-state index in [0.29, 0.717) is 5.41 Å². The fraction of sp³-hybridized carbons (Fsp3) is 1.00. The molecule has 0 radical (unpaired) electrons. The monoisotopic (exact) mass is 298 g/mol. The number of halogens is 3. The summed E-state index contributed by atoms with van der Waals surface area (Å²) in [4.78, 5) is 0. The summed E-state index contributed by atoms with van der Waals surface area (Å²) in [6, 6.07) is 0. The Morgan fingerprint density at radius 1 is 0.889 bits per heavy atom. The van der Waals surface area contributed by atoms with Crippen LogP contribution in [0.3, 0.4) is 0 Å². The van der Waals surface area contributed by atoms with E-state index in [1.54, 1.807) is 0 Å². The molecule has 0 aliphatic heterocycles. The molecule has 0 aromatic rings. The summed E-state index contributed by atoms with van der Waals surface area (Å²) >= 11 is -2.22. The van der Waals surface area contributed by atoms with E-state index < -0.39 is 16.4 Å². The third kappa shape index (κ3) is 204. The molecule has 0 aromatic carbocycles. The molecule has 9 heavy (non-hydrogen) atoms. The summed E-state index contributed by atoms with van der Waals surface area (Å²) in [5.74, 6) is 0. The molecule has 0 atom stereocenters. The normalized spacial score (nSPS) is 10.7. The van der Waals surface area contributed by atoms with Crippen LogP contribution in [0.2, 0.25) is 0 Å². The Balaban J connectivity index is 0. The molecule has 4 heteroatoms. The Morgan fingerprint density at radius 3 is 0.889 bits per heavy atom. The number of rotatable bonds is 0. The zero-order valence-corrected chi connectivity index (χ0v) is 11.8. The van der Waals surface area contributed by atoms with Crippen LogP contribution >= 0.6 is 26.8 Å². The topological polar surface area (TPSA) is 0 Å². The van der Waals surface area contributed by atoms with Crippen molar-refractivity contribution in [2.75, 3.05) is 0 Å². The van der Waals surface area contributed by atoms with Crippen molar-refractivity contribution in [1.82, 2.24) is 0 Å². The maximum absolute atomic E-state index is 5.02. The second-order valence-corrected chi connectivity index (χ2v) is 17.9. The average molecular weight is 298 g/mol. The predicted octanol–water partition coefficient (Wildman–Crippen LogP) is 3.47. The first-order valence-corrected chi connectivity index (χ1v) is 15.2. The Bertz CT molecular complexity index is 49.0. The van der Waals surface area contributed by atoms with Gasteiger partial charge in [0.1, 0.15) is 0 Å². The molecule has 0 heterocycles. The van der Waals surface area contributed by atoms with Crippen LogP contribution < -0.4 is 0 Å². The second-order valence-electron chi connectivity index (χ2n) is 3.25.